The molecule has 0 bridgehead atoms. The number of hydrogen-bond donors (Lipinski definition) is 2. The smallest absolute Gasteiger partial charge is 0.416 e. The van der Waals surface area contributed by atoms with Gasteiger partial charge in [-0.1, -0.05) is 0 Å². The van der Waals surface area contributed by atoms with Gasteiger partial charge in [-0.15, -0.1) is 0 Å². The molecular formula is C16H10F6O4. The number of alkyl halides is 6. The maximum absolute atomic E-state index is 12.0. The number of carboxylic acid groups (broad SMARTS) is 2. The second kappa shape index (κ2) is 7.89. The molecule has 0 aromatic heterocycles. The first kappa shape index (κ1) is 21.0. The maximum atomic E-state index is 12.0. The second-order valence-electron chi connectivity index (χ2n) is 4.76. The standard InChI is InChI=1S/2C8H5F3O2/c2*9-8(10,11)6-3-1-5(2-4-6)7(12)13/h2*1-4H,(H,12,13). The first-order valence-electron chi connectivity index (χ1n) is 6.63. The van der Waals surface area contributed by atoms with E-state index in [1.807, 2.05) is 0 Å². The summed E-state index contributed by atoms with van der Waals surface area (Å²) < 4.78 is 71.8. The van der Waals surface area contributed by atoms with E-state index in [1.54, 1.807) is 0 Å². The van der Waals surface area contributed by atoms with Crippen molar-refractivity contribution in [2.45, 2.75) is 12.4 Å². The Kier molecular flexibility index (Phi) is 6.38. The van der Waals surface area contributed by atoms with Crippen molar-refractivity contribution in [3.8, 4) is 0 Å². The summed E-state index contributed by atoms with van der Waals surface area (Å²) in [5.41, 5.74) is -2.02. The van der Waals surface area contributed by atoms with Crippen LogP contribution in [-0.4, -0.2) is 22.2 Å². The molecular weight excluding hydrogens is 370 g/mol. The van der Waals surface area contributed by atoms with Crippen LogP contribution in [0.1, 0.15) is 31.8 Å². The van der Waals surface area contributed by atoms with E-state index in [4.69, 9.17) is 10.2 Å². The highest BCUT2D eigenvalue weighted by Gasteiger charge is 2.30. The number of halogens is 6. The molecule has 0 spiro atoms. The van der Waals surface area contributed by atoms with Gasteiger partial charge in [0.2, 0.25) is 0 Å². The van der Waals surface area contributed by atoms with Crippen LogP contribution in [0.5, 0.6) is 0 Å². The van der Waals surface area contributed by atoms with Crippen molar-refractivity contribution in [2.75, 3.05) is 0 Å². The molecule has 0 unspecified atom stereocenters. The van der Waals surface area contributed by atoms with Gasteiger partial charge >= 0.3 is 24.3 Å². The van der Waals surface area contributed by atoms with Crippen molar-refractivity contribution >= 4 is 11.9 Å². The van der Waals surface area contributed by atoms with Crippen LogP contribution in [-0.2, 0) is 12.4 Å². The van der Waals surface area contributed by atoms with E-state index in [1.165, 1.54) is 0 Å². The predicted octanol–water partition coefficient (Wildman–Crippen LogP) is 4.81. The zero-order valence-corrected chi connectivity index (χ0v) is 12.6. The molecule has 140 valence electrons. The monoisotopic (exact) mass is 380 g/mol. The Morgan fingerprint density at radius 3 is 0.962 bits per heavy atom. The van der Waals surface area contributed by atoms with Crippen LogP contribution >= 0.6 is 0 Å². The highest BCUT2D eigenvalue weighted by atomic mass is 19.4. The van der Waals surface area contributed by atoms with E-state index >= 15 is 0 Å². The molecule has 0 saturated heterocycles. The molecule has 0 saturated carbocycles. The number of carbonyl (C=O) groups is 2. The summed E-state index contributed by atoms with van der Waals surface area (Å²) in [7, 11) is 0. The molecule has 0 fully saturated rings. The molecule has 10 heteroatoms. The van der Waals surface area contributed by atoms with Crippen molar-refractivity contribution in [2.24, 2.45) is 0 Å². The van der Waals surface area contributed by atoms with Crippen LogP contribution in [0.25, 0.3) is 0 Å². The lowest BCUT2D eigenvalue weighted by Crippen LogP contribution is -2.05. The fraction of sp³-hybridized carbons (Fsp3) is 0.125. The van der Waals surface area contributed by atoms with Gasteiger partial charge in [0.1, 0.15) is 0 Å². The van der Waals surface area contributed by atoms with Crippen LogP contribution in [0.3, 0.4) is 0 Å². The molecule has 2 aromatic rings. The third-order valence-electron chi connectivity index (χ3n) is 2.92. The normalized spacial score (nSPS) is 11.3. The Labute approximate surface area is 142 Å². The van der Waals surface area contributed by atoms with E-state index < -0.39 is 35.4 Å². The average Bonchev–Trinajstić information content (AvgIpc) is 2.54. The van der Waals surface area contributed by atoms with Crippen molar-refractivity contribution in [3.63, 3.8) is 0 Å². The van der Waals surface area contributed by atoms with E-state index in [2.05, 4.69) is 0 Å². The molecule has 4 nitrogen and oxygen atoms in total. The fourth-order valence-corrected chi connectivity index (χ4v) is 1.60. The topological polar surface area (TPSA) is 74.6 Å². The van der Waals surface area contributed by atoms with Crippen LogP contribution in [0.2, 0.25) is 0 Å². The molecule has 0 radical (unpaired) electrons. The largest absolute Gasteiger partial charge is 0.478 e. The van der Waals surface area contributed by atoms with Gasteiger partial charge in [-0.05, 0) is 48.5 Å². The van der Waals surface area contributed by atoms with Crippen molar-refractivity contribution in [1.29, 1.82) is 0 Å². The molecule has 26 heavy (non-hydrogen) atoms. The lowest BCUT2D eigenvalue weighted by Gasteiger charge is -2.05. The van der Waals surface area contributed by atoms with Crippen LogP contribution in [0, 0.1) is 0 Å². The van der Waals surface area contributed by atoms with Gasteiger partial charge in [-0.2, -0.15) is 26.3 Å². The van der Waals surface area contributed by atoms with Gasteiger partial charge < -0.3 is 10.2 Å². The Morgan fingerprint density at radius 1 is 0.577 bits per heavy atom. The number of rotatable bonds is 2. The van der Waals surface area contributed by atoms with E-state index in [0.29, 0.717) is 0 Å². The molecule has 0 aliphatic heterocycles. The maximum Gasteiger partial charge on any atom is 0.416 e. The predicted molar refractivity (Wildman–Crippen MR) is 76.8 cm³/mol. The lowest BCUT2D eigenvalue weighted by atomic mass is 10.1. The van der Waals surface area contributed by atoms with Gasteiger partial charge in [0.05, 0.1) is 22.3 Å². The average molecular weight is 380 g/mol. The van der Waals surface area contributed by atoms with Crippen molar-refractivity contribution in [3.05, 3.63) is 70.8 Å². The SMILES string of the molecule is O=C(O)c1ccc(C(F)(F)F)cc1.O=C(O)c1ccc(C(F)(F)F)cc1. The minimum Gasteiger partial charge on any atom is -0.478 e. The van der Waals surface area contributed by atoms with E-state index in [9.17, 15) is 35.9 Å². The Balaban J connectivity index is 0.000000260. The van der Waals surface area contributed by atoms with E-state index in [-0.39, 0.29) is 11.1 Å². The summed E-state index contributed by atoms with van der Waals surface area (Å²) in [5, 5.41) is 16.8. The number of aromatic carboxylic acids is 2. The molecule has 2 aromatic carbocycles. The van der Waals surface area contributed by atoms with Crippen LogP contribution in [0.4, 0.5) is 26.3 Å². The molecule has 0 aliphatic rings. The number of benzene rings is 2. The highest BCUT2D eigenvalue weighted by Crippen LogP contribution is 2.29. The third kappa shape index (κ3) is 6.11. The van der Waals surface area contributed by atoms with Crippen LogP contribution in [0.15, 0.2) is 48.5 Å². The summed E-state index contributed by atoms with van der Waals surface area (Å²) in [5.74, 6) is -2.48. The molecule has 0 amide bonds. The van der Waals surface area contributed by atoms with Gasteiger partial charge in [0, 0.05) is 0 Å². The zero-order valence-electron chi connectivity index (χ0n) is 12.6. The first-order valence-corrected chi connectivity index (χ1v) is 6.63. The second-order valence-corrected chi connectivity index (χ2v) is 4.76. The summed E-state index contributed by atoms with van der Waals surface area (Å²) in [6.45, 7) is 0. The fourth-order valence-electron chi connectivity index (χ4n) is 1.60. The molecule has 0 heterocycles. The Bertz CT molecular complexity index is 694. The Morgan fingerprint density at radius 2 is 0.808 bits per heavy atom. The van der Waals surface area contributed by atoms with Crippen molar-refractivity contribution in [1.82, 2.24) is 0 Å². The first-order chi connectivity index (χ1) is 11.8. The zero-order chi connectivity index (χ0) is 20.1. The Hall–Kier alpha value is -3.04. The number of hydrogen-bond acceptors (Lipinski definition) is 2. The summed E-state index contributed by atoms with van der Waals surface area (Å²) in [6, 6.07) is 6.65. The molecule has 0 aliphatic carbocycles. The van der Waals surface area contributed by atoms with Crippen LogP contribution < -0.4 is 0 Å². The number of carboxylic acids is 2. The van der Waals surface area contributed by atoms with Gasteiger partial charge in [-0.25, -0.2) is 9.59 Å². The summed E-state index contributed by atoms with van der Waals surface area (Å²) in [4.78, 5) is 20.6. The third-order valence-corrected chi connectivity index (χ3v) is 2.92. The highest BCUT2D eigenvalue weighted by molar-refractivity contribution is 5.88. The quantitative estimate of drug-likeness (QED) is 0.734. The lowest BCUT2D eigenvalue weighted by molar-refractivity contribution is -0.138. The summed E-state index contributed by atoms with van der Waals surface area (Å²) >= 11 is 0. The molecule has 0 atom stereocenters. The van der Waals surface area contributed by atoms with Gasteiger partial charge in [0.15, 0.2) is 0 Å². The minimum absolute atomic E-state index is 0.159. The molecule has 2 rings (SSSR count). The van der Waals surface area contributed by atoms with Gasteiger partial charge in [-0.3, -0.25) is 0 Å². The summed E-state index contributed by atoms with van der Waals surface area (Å²) in [6.07, 6.45) is -8.84. The van der Waals surface area contributed by atoms with Gasteiger partial charge in [0.25, 0.3) is 0 Å². The van der Waals surface area contributed by atoms with Crippen molar-refractivity contribution < 1.29 is 46.1 Å². The van der Waals surface area contributed by atoms with E-state index in [0.717, 1.165) is 48.5 Å². The molecule has 2 N–H and O–H groups in total. The minimum atomic E-state index is -4.42.